The summed E-state index contributed by atoms with van der Waals surface area (Å²) in [6, 6.07) is -0.160. The zero-order chi connectivity index (χ0) is 17.6. The maximum Gasteiger partial charge on any atom is 0.314 e. The van der Waals surface area contributed by atoms with Gasteiger partial charge in [0.25, 0.3) is 0 Å². The lowest BCUT2D eigenvalue weighted by molar-refractivity contribution is 0.130. The fourth-order valence-corrected chi connectivity index (χ4v) is 2.69. The second kappa shape index (κ2) is 12.8. The monoisotopic (exact) mass is 342 g/mol. The van der Waals surface area contributed by atoms with E-state index in [1.807, 2.05) is 13.8 Å². The Kier molecular flexibility index (Phi) is 11.0. The molecule has 0 atom stereocenters. The quantitative estimate of drug-likeness (QED) is 0.422. The van der Waals surface area contributed by atoms with E-state index in [4.69, 9.17) is 0 Å². The molecule has 24 heavy (non-hydrogen) atoms. The number of urea groups is 2. The van der Waals surface area contributed by atoms with Crippen LogP contribution >= 0.6 is 0 Å². The maximum atomic E-state index is 11.3. The van der Waals surface area contributed by atoms with Gasteiger partial charge in [0.15, 0.2) is 0 Å². The fourth-order valence-electron chi connectivity index (χ4n) is 2.69. The van der Waals surface area contributed by atoms with Crippen molar-refractivity contribution in [2.75, 3.05) is 65.4 Å². The average Bonchev–Trinajstić information content (AvgIpc) is 2.57. The molecule has 1 rings (SSSR count). The standard InChI is InChI=1S/C16H34N6O2/c1-3-17-15(23)19-7-5-9-21-11-13-22(14-12-21)10-6-8-20-16(24)18-4-2/h3-14H2,1-2H3,(H2,17,19,23)(H2,18,20,24). The van der Waals surface area contributed by atoms with Crippen molar-refractivity contribution < 1.29 is 9.59 Å². The zero-order valence-corrected chi connectivity index (χ0v) is 15.2. The van der Waals surface area contributed by atoms with Crippen LogP contribution in [0.5, 0.6) is 0 Å². The number of hydrogen-bond donors (Lipinski definition) is 4. The first kappa shape index (κ1) is 20.5. The predicted octanol–water partition coefficient (Wildman–Crippen LogP) is 0.0224. The van der Waals surface area contributed by atoms with E-state index >= 15 is 0 Å². The summed E-state index contributed by atoms with van der Waals surface area (Å²) < 4.78 is 0. The highest BCUT2D eigenvalue weighted by molar-refractivity contribution is 5.73. The summed E-state index contributed by atoms with van der Waals surface area (Å²) in [5, 5.41) is 11.2. The van der Waals surface area contributed by atoms with Crippen molar-refractivity contribution in [1.29, 1.82) is 0 Å². The minimum atomic E-state index is -0.0800. The van der Waals surface area contributed by atoms with Crippen LogP contribution in [0.4, 0.5) is 9.59 Å². The Morgan fingerprint density at radius 2 is 1.08 bits per heavy atom. The van der Waals surface area contributed by atoms with Crippen LogP contribution in [0.1, 0.15) is 26.7 Å². The average molecular weight is 342 g/mol. The number of amides is 4. The number of carbonyl (C=O) groups excluding carboxylic acids is 2. The minimum absolute atomic E-state index is 0.0800. The first-order valence-corrected chi connectivity index (χ1v) is 9.13. The van der Waals surface area contributed by atoms with Gasteiger partial charge in [0, 0.05) is 52.4 Å². The molecule has 8 nitrogen and oxygen atoms in total. The van der Waals surface area contributed by atoms with Crippen LogP contribution in [0.15, 0.2) is 0 Å². The Bertz CT molecular complexity index is 324. The predicted molar refractivity (Wildman–Crippen MR) is 96.3 cm³/mol. The summed E-state index contributed by atoms with van der Waals surface area (Å²) >= 11 is 0. The van der Waals surface area contributed by atoms with Gasteiger partial charge in [0.2, 0.25) is 0 Å². The van der Waals surface area contributed by atoms with Gasteiger partial charge < -0.3 is 31.1 Å². The molecule has 1 aliphatic heterocycles. The van der Waals surface area contributed by atoms with Crippen LogP contribution in [-0.2, 0) is 0 Å². The van der Waals surface area contributed by atoms with Crippen LogP contribution in [0.3, 0.4) is 0 Å². The normalized spacial score (nSPS) is 15.8. The Morgan fingerprint density at radius 3 is 1.42 bits per heavy atom. The number of piperazine rings is 1. The topological polar surface area (TPSA) is 88.7 Å². The highest BCUT2D eigenvalue weighted by Gasteiger charge is 2.15. The molecule has 0 aromatic carbocycles. The molecule has 1 heterocycles. The second-order valence-electron chi connectivity index (χ2n) is 5.96. The van der Waals surface area contributed by atoms with E-state index in [0.717, 1.165) is 65.2 Å². The van der Waals surface area contributed by atoms with E-state index in [0.29, 0.717) is 13.1 Å². The molecular weight excluding hydrogens is 308 g/mol. The molecule has 0 aliphatic carbocycles. The van der Waals surface area contributed by atoms with E-state index in [1.54, 1.807) is 0 Å². The molecule has 0 unspecified atom stereocenters. The molecule has 4 N–H and O–H groups in total. The number of nitrogens with zero attached hydrogens (tertiary/aromatic N) is 2. The smallest absolute Gasteiger partial charge is 0.314 e. The summed E-state index contributed by atoms with van der Waals surface area (Å²) in [4.78, 5) is 27.4. The molecule has 1 aliphatic rings. The Hall–Kier alpha value is -1.54. The van der Waals surface area contributed by atoms with Gasteiger partial charge in [-0.1, -0.05) is 0 Å². The molecule has 0 aromatic heterocycles. The molecule has 0 saturated carbocycles. The summed E-state index contributed by atoms with van der Waals surface area (Å²) in [6.45, 7) is 12.9. The summed E-state index contributed by atoms with van der Waals surface area (Å²) in [5.74, 6) is 0. The van der Waals surface area contributed by atoms with Crippen molar-refractivity contribution >= 4 is 12.1 Å². The van der Waals surface area contributed by atoms with Crippen molar-refractivity contribution in [3.63, 3.8) is 0 Å². The van der Waals surface area contributed by atoms with Crippen LogP contribution in [0.2, 0.25) is 0 Å². The van der Waals surface area contributed by atoms with Crippen LogP contribution < -0.4 is 21.3 Å². The molecule has 0 aromatic rings. The lowest BCUT2D eigenvalue weighted by Crippen LogP contribution is -2.47. The highest BCUT2D eigenvalue weighted by Crippen LogP contribution is 2.02. The van der Waals surface area contributed by atoms with E-state index < -0.39 is 0 Å². The number of hydrogen-bond acceptors (Lipinski definition) is 4. The number of nitrogens with one attached hydrogen (secondary N) is 4. The zero-order valence-electron chi connectivity index (χ0n) is 15.2. The van der Waals surface area contributed by atoms with E-state index in [-0.39, 0.29) is 12.1 Å². The van der Waals surface area contributed by atoms with Gasteiger partial charge in [0.1, 0.15) is 0 Å². The van der Waals surface area contributed by atoms with Crippen molar-refractivity contribution in [3.8, 4) is 0 Å². The third kappa shape index (κ3) is 9.57. The van der Waals surface area contributed by atoms with E-state index in [9.17, 15) is 9.59 Å². The Labute approximate surface area is 145 Å². The van der Waals surface area contributed by atoms with Crippen molar-refractivity contribution in [3.05, 3.63) is 0 Å². The first-order valence-electron chi connectivity index (χ1n) is 9.13. The number of carbonyl (C=O) groups is 2. The van der Waals surface area contributed by atoms with Gasteiger partial charge in [0.05, 0.1) is 0 Å². The molecule has 0 radical (unpaired) electrons. The fraction of sp³-hybridized carbons (Fsp3) is 0.875. The molecule has 1 saturated heterocycles. The van der Waals surface area contributed by atoms with E-state index in [1.165, 1.54) is 0 Å². The highest BCUT2D eigenvalue weighted by atomic mass is 16.2. The third-order valence-electron chi connectivity index (χ3n) is 4.01. The van der Waals surface area contributed by atoms with Crippen molar-refractivity contribution in [1.82, 2.24) is 31.1 Å². The van der Waals surface area contributed by atoms with Gasteiger partial charge in [-0.3, -0.25) is 0 Å². The lowest BCUT2D eigenvalue weighted by atomic mass is 10.2. The van der Waals surface area contributed by atoms with Crippen LogP contribution in [0, 0.1) is 0 Å². The van der Waals surface area contributed by atoms with Crippen molar-refractivity contribution in [2.45, 2.75) is 26.7 Å². The Morgan fingerprint density at radius 1 is 0.708 bits per heavy atom. The summed E-state index contributed by atoms with van der Waals surface area (Å²) in [5.41, 5.74) is 0. The van der Waals surface area contributed by atoms with Gasteiger partial charge in [-0.25, -0.2) is 9.59 Å². The van der Waals surface area contributed by atoms with E-state index in [2.05, 4.69) is 31.1 Å². The molecule has 140 valence electrons. The molecule has 8 heteroatoms. The van der Waals surface area contributed by atoms with Gasteiger partial charge in [-0.2, -0.15) is 0 Å². The molecule has 4 amide bonds. The lowest BCUT2D eigenvalue weighted by Gasteiger charge is -2.34. The molecule has 0 bridgehead atoms. The molecule has 1 fully saturated rings. The number of rotatable bonds is 10. The van der Waals surface area contributed by atoms with Crippen LogP contribution in [0.25, 0.3) is 0 Å². The molecule has 0 spiro atoms. The van der Waals surface area contributed by atoms with Crippen molar-refractivity contribution in [2.24, 2.45) is 0 Å². The van der Waals surface area contributed by atoms with Crippen LogP contribution in [-0.4, -0.2) is 87.3 Å². The maximum absolute atomic E-state index is 11.3. The summed E-state index contributed by atoms with van der Waals surface area (Å²) in [7, 11) is 0. The SMILES string of the molecule is CCNC(=O)NCCCN1CCN(CCCNC(=O)NCC)CC1. The van der Waals surface area contributed by atoms with Gasteiger partial charge in [-0.05, 0) is 39.8 Å². The first-order chi connectivity index (χ1) is 11.7. The molecular formula is C16H34N6O2. The Balaban J connectivity index is 1.98. The van der Waals surface area contributed by atoms with Gasteiger partial charge >= 0.3 is 12.1 Å². The summed E-state index contributed by atoms with van der Waals surface area (Å²) in [6.07, 6.45) is 1.96. The van der Waals surface area contributed by atoms with Gasteiger partial charge in [-0.15, -0.1) is 0 Å². The largest absolute Gasteiger partial charge is 0.338 e. The third-order valence-corrected chi connectivity index (χ3v) is 4.01. The second-order valence-corrected chi connectivity index (χ2v) is 5.96. The minimum Gasteiger partial charge on any atom is -0.338 e.